The average molecular weight is 324 g/mol. The maximum atomic E-state index is 11.7. The van der Waals surface area contributed by atoms with Gasteiger partial charge in [-0.2, -0.15) is 0 Å². The summed E-state index contributed by atoms with van der Waals surface area (Å²) >= 11 is 1.20. The summed E-state index contributed by atoms with van der Waals surface area (Å²) in [6.07, 6.45) is 6.03. The Kier molecular flexibility index (Phi) is 5.94. The van der Waals surface area contributed by atoms with Gasteiger partial charge in [0, 0.05) is 6.42 Å². The Morgan fingerprint density at radius 1 is 1.27 bits per heavy atom. The molecule has 0 aromatic carbocycles. The number of hydrogen-bond donors (Lipinski definition) is 2. The van der Waals surface area contributed by atoms with Crippen LogP contribution in [0.15, 0.2) is 11.4 Å². The molecule has 0 radical (unpaired) electrons. The molecule has 0 atom stereocenters. The van der Waals surface area contributed by atoms with Crippen LogP contribution in [0, 0.1) is 5.92 Å². The molecular formula is C15H20N2O4S. The topological polar surface area (TPSA) is 98.5 Å². The van der Waals surface area contributed by atoms with Crippen molar-refractivity contribution in [2.45, 2.75) is 38.5 Å². The molecule has 1 aliphatic rings. The van der Waals surface area contributed by atoms with Crippen molar-refractivity contribution in [1.82, 2.24) is 0 Å². The molecule has 1 saturated carbocycles. The maximum Gasteiger partial charge on any atom is 0.306 e. The standard InChI is InChI=1S/C15H20N2O4S/c16-14(20)11-6-7-22-15(11)17-12(18)9-21-13(19)8-10-4-2-1-3-5-10/h6-7,10H,1-5,8-9H2,(H2,16,20)(H,17,18). The molecule has 1 fully saturated rings. The average Bonchev–Trinajstić information content (AvgIpc) is 2.94. The summed E-state index contributed by atoms with van der Waals surface area (Å²) in [6.45, 7) is -0.346. The van der Waals surface area contributed by atoms with E-state index >= 15 is 0 Å². The van der Waals surface area contributed by atoms with E-state index in [1.165, 1.54) is 23.8 Å². The maximum absolute atomic E-state index is 11.7. The Hall–Kier alpha value is -1.89. The molecule has 1 aromatic rings. The van der Waals surface area contributed by atoms with Gasteiger partial charge in [-0.3, -0.25) is 14.4 Å². The highest BCUT2D eigenvalue weighted by atomic mass is 32.1. The number of nitrogens with two attached hydrogens (primary N) is 1. The number of primary amides is 1. The summed E-state index contributed by atoms with van der Waals surface area (Å²) < 4.78 is 4.99. The van der Waals surface area contributed by atoms with E-state index in [0.29, 0.717) is 17.3 Å². The van der Waals surface area contributed by atoms with Gasteiger partial charge in [0.05, 0.1) is 5.56 Å². The lowest BCUT2D eigenvalue weighted by atomic mass is 9.87. The monoisotopic (exact) mass is 324 g/mol. The molecule has 0 spiro atoms. The van der Waals surface area contributed by atoms with Crippen molar-refractivity contribution in [2.75, 3.05) is 11.9 Å². The molecule has 22 heavy (non-hydrogen) atoms. The third kappa shape index (κ3) is 4.84. The smallest absolute Gasteiger partial charge is 0.306 e. The Balaban J connectivity index is 1.74. The lowest BCUT2D eigenvalue weighted by molar-refractivity contribution is -0.148. The first-order valence-electron chi connectivity index (χ1n) is 7.39. The number of carbonyl (C=O) groups is 3. The first kappa shape index (κ1) is 16.5. The summed E-state index contributed by atoms with van der Waals surface area (Å²) in [5.74, 6) is -1.04. The highest BCUT2D eigenvalue weighted by Gasteiger charge is 2.19. The van der Waals surface area contributed by atoms with Gasteiger partial charge in [0.2, 0.25) is 0 Å². The number of rotatable bonds is 6. The molecule has 120 valence electrons. The molecule has 0 unspecified atom stereocenters. The minimum atomic E-state index is -0.606. The van der Waals surface area contributed by atoms with Crippen LogP contribution >= 0.6 is 11.3 Å². The lowest BCUT2D eigenvalue weighted by Gasteiger charge is -2.20. The van der Waals surface area contributed by atoms with Gasteiger partial charge in [-0.05, 0) is 30.2 Å². The van der Waals surface area contributed by atoms with Crippen molar-refractivity contribution in [3.05, 3.63) is 17.0 Å². The van der Waals surface area contributed by atoms with Gasteiger partial charge in [-0.25, -0.2) is 0 Å². The predicted molar refractivity (Wildman–Crippen MR) is 83.6 cm³/mol. The quantitative estimate of drug-likeness (QED) is 0.784. The van der Waals surface area contributed by atoms with Crippen molar-refractivity contribution in [2.24, 2.45) is 11.7 Å². The van der Waals surface area contributed by atoms with Gasteiger partial charge in [0.15, 0.2) is 6.61 Å². The van der Waals surface area contributed by atoms with Crippen LogP contribution in [-0.4, -0.2) is 24.4 Å². The largest absolute Gasteiger partial charge is 0.456 e. The zero-order valence-corrected chi connectivity index (χ0v) is 13.1. The number of carbonyl (C=O) groups excluding carboxylic acids is 3. The Morgan fingerprint density at radius 3 is 2.68 bits per heavy atom. The van der Waals surface area contributed by atoms with Gasteiger partial charge in [0.1, 0.15) is 5.00 Å². The summed E-state index contributed by atoms with van der Waals surface area (Å²) in [5, 5.41) is 4.57. The summed E-state index contributed by atoms with van der Waals surface area (Å²) in [4.78, 5) is 34.6. The third-order valence-electron chi connectivity index (χ3n) is 3.73. The van der Waals surface area contributed by atoms with E-state index in [9.17, 15) is 14.4 Å². The molecule has 6 nitrogen and oxygen atoms in total. The van der Waals surface area contributed by atoms with E-state index in [-0.39, 0.29) is 18.1 Å². The molecule has 2 rings (SSSR count). The molecule has 1 heterocycles. The fraction of sp³-hybridized carbons (Fsp3) is 0.533. The van der Waals surface area contributed by atoms with Crippen molar-refractivity contribution in [1.29, 1.82) is 0 Å². The molecular weight excluding hydrogens is 304 g/mol. The van der Waals surface area contributed by atoms with E-state index in [1.54, 1.807) is 5.38 Å². The van der Waals surface area contributed by atoms with Gasteiger partial charge in [0.25, 0.3) is 11.8 Å². The number of thiophene rings is 1. The first-order valence-corrected chi connectivity index (χ1v) is 8.27. The fourth-order valence-corrected chi connectivity index (χ4v) is 3.40. The number of esters is 1. The van der Waals surface area contributed by atoms with Crippen LogP contribution in [0.4, 0.5) is 5.00 Å². The summed E-state index contributed by atoms with van der Waals surface area (Å²) in [6, 6.07) is 1.54. The van der Waals surface area contributed by atoms with Crippen LogP contribution < -0.4 is 11.1 Å². The van der Waals surface area contributed by atoms with E-state index in [1.807, 2.05) is 0 Å². The van der Waals surface area contributed by atoms with E-state index in [4.69, 9.17) is 10.5 Å². The van der Waals surface area contributed by atoms with Crippen LogP contribution in [-0.2, 0) is 14.3 Å². The molecule has 0 aliphatic heterocycles. The highest BCUT2D eigenvalue weighted by molar-refractivity contribution is 7.14. The van der Waals surface area contributed by atoms with E-state index in [0.717, 1.165) is 25.7 Å². The minimum absolute atomic E-state index is 0.256. The Bertz CT molecular complexity index is 549. The van der Waals surface area contributed by atoms with Crippen molar-refractivity contribution < 1.29 is 19.1 Å². The van der Waals surface area contributed by atoms with Gasteiger partial charge < -0.3 is 15.8 Å². The fourth-order valence-electron chi connectivity index (χ4n) is 2.59. The molecule has 2 amide bonds. The first-order chi connectivity index (χ1) is 10.6. The molecule has 1 aliphatic carbocycles. The zero-order chi connectivity index (χ0) is 15.9. The normalized spacial score (nSPS) is 15.3. The van der Waals surface area contributed by atoms with Crippen molar-refractivity contribution in [3.63, 3.8) is 0 Å². The van der Waals surface area contributed by atoms with Crippen molar-refractivity contribution in [3.8, 4) is 0 Å². The van der Waals surface area contributed by atoms with Crippen LogP contribution in [0.1, 0.15) is 48.9 Å². The second kappa shape index (κ2) is 7.93. The van der Waals surface area contributed by atoms with Crippen LogP contribution in [0.3, 0.4) is 0 Å². The molecule has 7 heteroatoms. The van der Waals surface area contributed by atoms with Gasteiger partial charge in [-0.15, -0.1) is 11.3 Å². The van der Waals surface area contributed by atoms with E-state index in [2.05, 4.69) is 5.32 Å². The SMILES string of the molecule is NC(=O)c1ccsc1NC(=O)COC(=O)CC1CCCCC1. The number of ether oxygens (including phenoxy) is 1. The molecule has 0 bridgehead atoms. The molecule has 1 aromatic heterocycles. The van der Waals surface area contributed by atoms with Crippen LogP contribution in [0.25, 0.3) is 0 Å². The van der Waals surface area contributed by atoms with Crippen LogP contribution in [0.5, 0.6) is 0 Å². The number of hydrogen-bond acceptors (Lipinski definition) is 5. The second-order valence-electron chi connectivity index (χ2n) is 5.44. The summed E-state index contributed by atoms with van der Waals surface area (Å²) in [5.41, 5.74) is 5.45. The number of anilines is 1. The van der Waals surface area contributed by atoms with Crippen molar-refractivity contribution >= 4 is 34.1 Å². The zero-order valence-electron chi connectivity index (χ0n) is 12.3. The molecule has 0 saturated heterocycles. The second-order valence-corrected chi connectivity index (χ2v) is 6.36. The number of nitrogens with one attached hydrogen (secondary N) is 1. The molecule has 3 N–H and O–H groups in total. The van der Waals surface area contributed by atoms with E-state index < -0.39 is 11.8 Å². The van der Waals surface area contributed by atoms with Gasteiger partial charge in [-0.1, -0.05) is 19.3 Å². The Labute approximate surface area is 133 Å². The van der Waals surface area contributed by atoms with Gasteiger partial charge >= 0.3 is 5.97 Å². The third-order valence-corrected chi connectivity index (χ3v) is 4.56. The lowest BCUT2D eigenvalue weighted by Crippen LogP contribution is -2.23. The minimum Gasteiger partial charge on any atom is -0.456 e. The Morgan fingerprint density at radius 2 is 2.00 bits per heavy atom. The summed E-state index contributed by atoms with van der Waals surface area (Å²) in [7, 11) is 0. The number of amides is 2. The predicted octanol–water partition coefficient (Wildman–Crippen LogP) is 2.30. The highest BCUT2D eigenvalue weighted by Crippen LogP contribution is 2.26. The van der Waals surface area contributed by atoms with Crippen LogP contribution in [0.2, 0.25) is 0 Å².